The second kappa shape index (κ2) is 8.71. The molecule has 2 heterocycles. The highest BCUT2D eigenvalue weighted by Crippen LogP contribution is 2.22. The second-order valence-electron chi connectivity index (χ2n) is 6.10. The standard InChI is InChI=1S/C16H31N3O2/c1-3-14(4-2)15(18-10-12-21-13-11-18)16(20)19-8-5-6-17-7-9-19/h14-15,17H,3-13H2,1-2H3. The first kappa shape index (κ1) is 16.7. The van der Waals surface area contributed by atoms with E-state index < -0.39 is 0 Å². The van der Waals surface area contributed by atoms with Gasteiger partial charge >= 0.3 is 0 Å². The monoisotopic (exact) mass is 297 g/mol. The molecule has 0 aromatic rings. The molecule has 122 valence electrons. The van der Waals surface area contributed by atoms with Gasteiger partial charge < -0.3 is 15.0 Å². The Morgan fingerprint density at radius 3 is 2.48 bits per heavy atom. The van der Waals surface area contributed by atoms with Gasteiger partial charge in [-0.05, 0) is 18.9 Å². The summed E-state index contributed by atoms with van der Waals surface area (Å²) in [5, 5.41) is 3.38. The zero-order chi connectivity index (χ0) is 15.1. The topological polar surface area (TPSA) is 44.8 Å². The molecule has 5 nitrogen and oxygen atoms in total. The van der Waals surface area contributed by atoms with Gasteiger partial charge in [-0.1, -0.05) is 26.7 Å². The second-order valence-corrected chi connectivity index (χ2v) is 6.10. The minimum Gasteiger partial charge on any atom is -0.379 e. The highest BCUT2D eigenvalue weighted by molar-refractivity contribution is 5.82. The summed E-state index contributed by atoms with van der Waals surface area (Å²) in [7, 11) is 0. The van der Waals surface area contributed by atoms with Crippen LogP contribution in [0.15, 0.2) is 0 Å². The number of carbonyl (C=O) groups is 1. The lowest BCUT2D eigenvalue weighted by molar-refractivity contribution is -0.141. The van der Waals surface area contributed by atoms with Crippen LogP contribution in [-0.2, 0) is 9.53 Å². The van der Waals surface area contributed by atoms with Crippen LogP contribution in [0.4, 0.5) is 0 Å². The fourth-order valence-corrected chi connectivity index (χ4v) is 3.50. The fraction of sp³-hybridized carbons (Fsp3) is 0.938. The number of hydrogen-bond acceptors (Lipinski definition) is 4. The van der Waals surface area contributed by atoms with Crippen molar-refractivity contribution in [2.24, 2.45) is 5.92 Å². The zero-order valence-corrected chi connectivity index (χ0v) is 13.6. The van der Waals surface area contributed by atoms with Crippen molar-refractivity contribution < 1.29 is 9.53 Å². The lowest BCUT2D eigenvalue weighted by Gasteiger charge is -2.40. The Bertz CT molecular complexity index is 307. The molecule has 0 radical (unpaired) electrons. The third-order valence-corrected chi connectivity index (χ3v) is 4.84. The summed E-state index contributed by atoms with van der Waals surface area (Å²) >= 11 is 0. The Morgan fingerprint density at radius 1 is 1.10 bits per heavy atom. The quantitative estimate of drug-likeness (QED) is 0.820. The lowest BCUT2D eigenvalue weighted by atomic mass is 9.91. The van der Waals surface area contributed by atoms with Crippen molar-refractivity contribution in [3.8, 4) is 0 Å². The predicted octanol–water partition coefficient (Wildman–Crippen LogP) is 0.945. The molecule has 21 heavy (non-hydrogen) atoms. The van der Waals surface area contributed by atoms with E-state index in [9.17, 15) is 4.79 Å². The van der Waals surface area contributed by atoms with E-state index >= 15 is 0 Å². The van der Waals surface area contributed by atoms with Gasteiger partial charge in [-0.3, -0.25) is 9.69 Å². The lowest BCUT2D eigenvalue weighted by Crippen LogP contribution is -2.55. The average Bonchev–Trinajstić information content (AvgIpc) is 2.82. The molecular weight excluding hydrogens is 266 g/mol. The molecule has 5 heteroatoms. The third kappa shape index (κ3) is 4.41. The number of ether oxygens (including phenoxy) is 1. The van der Waals surface area contributed by atoms with Gasteiger partial charge in [0, 0.05) is 32.7 Å². The summed E-state index contributed by atoms with van der Waals surface area (Å²) in [5.41, 5.74) is 0. The molecule has 2 saturated heterocycles. The first-order valence-electron chi connectivity index (χ1n) is 8.59. The van der Waals surface area contributed by atoms with Crippen molar-refractivity contribution in [2.45, 2.75) is 39.2 Å². The van der Waals surface area contributed by atoms with Crippen molar-refractivity contribution in [3.63, 3.8) is 0 Å². The van der Waals surface area contributed by atoms with Crippen LogP contribution in [-0.4, -0.2) is 74.2 Å². The predicted molar refractivity (Wildman–Crippen MR) is 84.3 cm³/mol. The number of carbonyl (C=O) groups excluding carboxylic acids is 1. The molecular formula is C16H31N3O2. The number of morpholine rings is 1. The molecule has 0 bridgehead atoms. The normalized spacial score (nSPS) is 23.1. The molecule has 2 aliphatic rings. The van der Waals surface area contributed by atoms with Gasteiger partial charge in [-0.2, -0.15) is 0 Å². The molecule has 1 unspecified atom stereocenters. The molecule has 0 saturated carbocycles. The maximum absolute atomic E-state index is 13.1. The number of nitrogens with one attached hydrogen (secondary N) is 1. The highest BCUT2D eigenvalue weighted by Gasteiger charge is 2.35. The summed E-state index contributed by atoms with van der Waals surface area (Å²) in [5.74, 6) is 0.793. The average molecular weight is 297 g/mol. The molecule has 0 aromatic heterocycles. The largest absolute Gasteiger partial charge is 0.379 e. The van der Waals surface area contributed by atoms with E-state index in [1.807, 2.05) is 0 Å². The number of hydrogen-bond donors (Lipinski definition) is 1. The third-order valence-electron chi connectivity index (χ3n) is 4.84. The van der Waals surface area contributed by atoms with Gasteiger partial charge in [0.2, 0.25) is 5.91 Å². The van der Waals surface area contributed by atoms with E-state index in [0.29, 0.717) is 11.8 Å². The number of amides is 1. The number of nitrogens with zero attached hydrogens (tertiary/aromatic N) is 2. The van der Waals surface area contributed by atoms with E-state index in [2.05, 4.69) is 29.0 Å². The van der Waals surface area contributed by atoms with Crippen LogP contribution in [0.25, 0.3) is 0 Å². The van der Waals surface area contributed by atoms with Gasteiger partial charge in [-0.25, -0.2) is 0 Å². The first-order valence-corrected chi connectivity index (χ1v) is 8.59. The fourth-order valence-electron chi connectivity index (χ4n) is 3.50. The molecule has 2 aliphatic heterocycles. The molecule has 2 fully saturated rings. The summed E-state index contributed by atoms with van der Waals surface area (Å²) in [6, 6.07) is 0.0435. The van der Waals surface area contributed by atoms with Crippen LogP contribution < -0.4 is 5.32 Å². The minimum absolute atomic E-state index is 0.0435. The van der Waals surface area contributed by atoms with E-state index in [1.54, 1.807) is 0 Å². The highest BCUT2D eigenvalue weighted by atomic mass is 16.5. The van der Waals surface area contributed by atoms with E-state index in [0.717, 1.165) is 71.7 Å². The summed E-state index contributed by atoms with van der Waals surface area (Å²) in [6.45, 7) is 11.4. The van der Waals surface area contributed by atoms with Gasteiger partial charge in [0.25, 0.3) is 0 Å². The van der Waals surface area contributed by atoms with E-state index in [1.165, 1.54) is 0 Å². The summed E-state index contributed by atoms with van der Waals surface area (Å²) < 4.78 is 5.47. The van der Waals surface area contributed by atoms with E-state index in [4.69, 9.17) is 4.74 Å². The molecule has 0 spiro atoms. The molecule has 0 aliphatic carbocycles. The van der Waals surface area contributed by atoms with Crippen molar-refractivity contribution in [3.05, 3.63) is 0 Å². The molecule has 1 N–H and O–H groups in total. The number of rotatable bonds is 5. The van der Waals surface area contributed by atoms with Gasteiger partial charge in [0.05, 0.1) is 19.3 Å². The smallest absolute Gasteiger partial charge is 0.240 e. The van der Waals surface area contributed by atoms with Gasteiger partial charge in [0.1, 0.15) is 0 Å². The van der Waals surface area contributed by atoms with Gasteiger partial charge in [-0.15, -0.1) is 0 Å². The Hall–Kier alpha value is -0.650. The maximum atomic E-state index is 13.1. The van der Waals surface area contributed by atoms with Crippen molar-refractivity contribution in [1.29, 1.82) is 0 Å². The van der Waals surface area contributed by atoms with Crippen molar-refractivity contribution >= 4 is 5.91 Å². The molecule has 1 atom stereocenters. The van der Waals surface area contributed by atoms with Crippen LogP contribution in [0.1, 0.15) is 33.1 Å². The van der Waals surface area contributed by atoms with E-state index in [-0.39, 0.29) is 6.04 Å². The minimum atomic E-state index is 0.0435. The van der Waals surface area contributed by atoms with Crippen molar-refractivity contribution in [1.82, 2.24) is 15.1 Å². The van der Waals surface area contributed by atoms with Crippen LogP contribution in [0.5, 0.6) is 0 Å². The summed E-state index contributed by atoms with van der Waals surface area (Å²) in [6.07, 6.45) is 3.19. The van der Waals surface area contributed by atoms with Crippen molar-refractivity contribution in [2.75, 3.05) is 52.5 Å². The Kier molecular flexibility index (Phi) is 6.93. The Balaban J connectivity index is 2.10. The molecule has 0 aromatic carbocycles. The van der Waals surface area contributed by atoms with Crippen LogP contribution in [0, 0.1) is 5.92 Å². The molecule has 2 rings (SSSR count). The Labute approximate surface area is 129 Å². The van der Waals surface area contributed by atoms with Crippen LogP contribution in [0.2, 0.25) is 0 Å². The Morgan fingerprint density at radius 2 is 1.81 bits per heavy atom. The zero-order valence-electron chi connectivity index (χ0n) is 13.6. The SMILES string of the molecule is CCC(CC)C(C(=O)N1CCCNCC1)N1CCOCC1. The first-order chi connectivity index (χ1) is 10.3. The van der Waals surface area contributed by atoms with Crippen LogP contribution in [0.3, 0.4) is 0 Å². The van der Waals surface area contributed by atoms with Gasteiger partial charge in [0.15, 0.2) is 0 Å². The maximum Gasteiger partial charge on any atom is 0.240 e. The van der Waals surface area contributed by atoms with Crippen LogP contribution >= 0.6 is 0 Å². The summed E-state index contributed by atoms with van der Waals surface area (Å²) in [4.78, 5) is 17.6. The molecule has 1 amide bonds.